The number of benzene rings is 1. The molecule has 0 bridgehead atoms. The van der Waals surface area contributed by atoms with E-state index in [4.69, 9.17) is 9.47 Å². The molecule has 0 fully saturated rings. The first-order chi connectivity index (χ1) is 13.9. The number of halogens is 3. The van der Waals surface area contributed by atoms with Crippen molar-refractivity contribution in [3.8, 4) is 11.5 Å². The third-order valence-electron chi connectivity index (χ3n) is 5.04. The van der Waals surface area contributed by atoms with Gasteiger partial charge >= 0.3 is 6.18 Å². The van der Waals surface area contributed by atoms with E-state index < -0.39 is 24.2 Å². The number of carbonyl (C=O) groups is 1. The van der Waals surface area contributed by atoms with Crippen LogP contribution in [0.1, 0.15) is 54.3 Å². The van der Waals surface area contributed by atoms with Crippen molar-refractivity contribution in [1.29, 1.82) is 0 Å². The van der Waals surface area contributed by atoms with Crippen molar-refractivity contribution in [2.75, 3.05) is 18.7 Å². The summed E-state index contributed by atoms with van der Waals surface area (Å²) in [6.07, 6.45) is -3.08. The number of alkyl halides is 3. The fraction of sp³-hybridized carbons (Fsp3) is 0.474. The Hall–Kier alpha value is -2.91. The van der Waals surface area contributed by atoms with Gasteiger partial charge in [0.2, 0.25) is 6.79 Å². The van der Waals surface area contributed by atoms with Gasteiger partial charge in [-0.3, -0.25) is 4.79 Å². The molecule has 10 heteroatoms. The minimum absolute atomic E-state index is 0.0378. The molecule has 1 amide bonds. The number of fused-ring (bicyclic) bond motifs is 2. The van der Waals surface area contributed by atoms with Gasteiger partial charge in [-0.1, -0.05) is 19.4 Å². The molecule has 2 aliphatic rings. The largest absolute Gasteiger partial charge is 0.454 e. The summed E-state index contributed by atoms with van der Waals surface area (Å²) in [6.45, 7) is 2.52. The quantitative estimate of drug-likeness (QED) is 0.734. The SMILES string of the molecule is CCCCNC(=O)c1cc2n(n1)C(C(F)(F)F)CC(c1ccc3c(c1)OCO3)N2. The summed E-state index contributed by atoms with van der Waals surface area (Å²) in [6, 6.07) is 3.98. The Kier molecular flexibility index (Phi) is 5.01. The molecule has 2 aliphatic heterocycles. The molecule has 2 aromatic rings. The van der Waals surface area contributed by atoms with E-state index in [1.54, 1.807) is 18.2 Å². The Balaban J connectivity index is 1.62. The number of ether oxygens (including phenoxy) is 2. The average molecular weight is 410 g/mol. The molecule has 0 aliphatic carbocycles. The number of hydrogen-bond acceptors (Lipinski definition) is 5. The van der Waals surface area contributed by atoms with E-state index in [1.807, 2.05) is 6.92 Å². The molecule has 0 radical (unpaired) electrons. The number of amides is 1. The van der Waals surface area contributed by atoms with E-state index in [9.17, 15) is 18.0 Å². The first kappa shape index (κ1) is 19.4. The molecule has 7 nitrogen and oxygen atoms in total. The van der Waals surface area contributed by atoms with Gasteiger partial charge in [-0.2, -0.15) is 18.3 Å². The molecular weight excluding hydrogens is 389 g/mol. The van der Waals surface area contributed by atoms with Crippen LogP contribution < -0.4 is 20.1 Å². The smallest absolute Gasteiger partial charge is 0.410 e. The number of aromatic nitrogens is 2. The molecule has 156 valence electrons. The highest BCUT2D eigenvalue weighted by Crippen LogP contribution is 2.45. The molecule has 4 rings (SSSR count). The van der Waals surface area contributed by atoms with E-state index in [0.29, 0.717) is 23.6 Å². The van der Waals surface area contributed by atoms with Crippen molar-refractivity contribution in [3.63, 3.8) is 0 Å². The summed E-state index contributed by atoms with van der Waals surface area (Å²) in [5.74, 6) is 0.737. The molecule has 2 atom stereocenters. The van der Waals surface area contributed by atoms with Crippen molar-refractivity contribution in [3.05, 3.63) is 35.5 Å². The predicted octanol–water partition coefficient (Wildman–Crippen LogP) is 3.80. The lowest BCUT2D eigenvalue weighted by molar-refractivity contribution is -0.173. The van der Waals surface area contributed by atoms with Gasteiger partial charge in [0.05, 0.1) is 6.04 Å². The Morgan fingerprint density at radius 2 is 2.10 bits per heavy atom. The van der Waals surface area contributed by atoms with Crippen LogP contribution in [0.15, 0.2) is 24.3 Å². The third-order valence-corrected chi connectivity index (χ3v) is 5.04. The normalized spacial score (nSPS) is 20.1. The molecule has 2 N–H and O–H groups in total. The fourth-order valence-corrected chi connectivity index (χ4v) is 3.50. The molecule has 2 unspecified atom stereocenters. The van der Waals surface area contributed by atoms with Crippen LogP contribution in [0, 0.1) is 0 Å². The molecule has 1 aromatic heterocycles. The zero-order valence-electron chi connectivity index (χ0n) is 15.8. The Morgan fingerprint density at radius 1 is 1.31 bits per heavy atom. The van der Waals surface area contributed by atoms with Gasteiger partial charge < -0.3 is 20.1 Å². The lowest BCUT2D eigenvalue weighted by Gasteiger charge is -2.33. The van der Waals surface area contributed by atoms with E-state index >= 15 is 0 Å². The number of carbonyl (C=O) groups excluding carboxylic acids is 1. The topological polar surface area (TPSA) is 77.4 Å². The standard InChI is InChI=1S/C19H21F3N4O3/c1-2-3-6-23-18(27)13-9-17-24-12(8-16(19(20,21)22)26(17)25-13)11-4-5-14-15(7-11)29-10-28-14/h4-5,7,9,12,16,24H,2-3,6,8,10H2,1H3,(H,23,27). The van der Waals surface area contributed by atoms with Crippen molar-refractivity contribution >= 4 is 11.7 Å². The van der Waals surface area contributed by atoms with Crippen molar-refractivity contribution in [2.24, 2.45) is 0 Å². The second kappa shape index (κ2) is 7.49. The second-order valence-corrected chi connectivity index (χ2v) is 7.07. The van der Waals surface area contributed by atoms with Gasteiger partial charge in [0.15, 0.2) is 23.2 Å². The van der Waals surface area contributed by atoms with Crippen LogP contribution in [0.4, 0.5) is 19.0 Å². The number of nitrogens with one attached hydrogen (secondary N) is 2. The van der Waals surface area contributed by atoms with Gasteiger partial charge in [-0.25, -0.2) is 4.68 Å². The second-order valence-electron chi connectivity index (χ2n) is 7.07. The summed E-state index contributed by atoms with van der Waals surface area (Å²) >= 11 is 0. The predicted molar refractivity (Wildman–Crippen MR) is 98.1 cm³/mol. The monoisotopic (exact) mass is 410 g/mol. The average Bonchev–Trinajstić information content (AvgIpc) is 3.32. The van der Waals surface area contributed by atoms with Gasteiger partial charge in [0.25, 0.3) is 5.91 Å². The first-order valence-electron chi connectivity index (χ1n) is 9.47. The summed E-state index contributed by atoms with van der Waals surface area (Å²) in [4.78, 5) is 12.2. The minimum atomic E-state index is -4.51. The van der Waals surface area contributed by atoms with E-state index in [2.05, 4.69) is 15.7 Å². The maximum absolute atomic E-state index is 13.8. The number of hydrogen-bond donors (Lipinski definition) is 2. The maximum atomic E-state index is 13.8. The van der Waals surface area contributed by atoms with E-state index in [0.717, 1.165) is 17.5 Å². The van der Waals surface area contributed by atoms with Gasteiger partial charge in [0, 0.05) is 19.0 Å². The first-order valence-corrected chi connectivity index (χ1v) is 9.47. The molecule has 29 heavy (non-hydrogen) atoms. The number of anilines is 1. The number of nitrogens with zero attached hydrogens (tertiary/aromatic N) is 2. The highest BCUT2D eigenvalue weighted by molar-refractivity contribution is 5.93. The Labute approximate surface area is 165 Å². The van der Waals surface area contributed by atoms with E-state index in [-0.39, 0.29) is 24.7 Å². The summed E-state index contributed by atoms with van der Waals surface area (Å²) < 4.78 is 52.7. The molecular formula is C19H21F3N4O3. The Morgan fingerprint density at radius 3 is 2.86 bits per heavy atom. The zero-order valence-corrected chi connectivity index (χ0v) is 15.8. The summed E-state index contributed by atoms with van der Waals surface area (Å²) in [5, 5.41) is 9.69. The molecule has 0 saturated heterocycles. The fourth-order valence-electron chi connectivity index (χ4n) is 3.50. The third kappa shape index (κ3) is 3.83. The summed E-state index contributed by atoms with van der Waals surface area (Å²) in [7, 11) is 0. The van der Waals surface area contributed by atoms with Crippen LogP contribution in [-0.2, 0) is 0 Å². The van der Waals surface area contributed by atoms with Crippen LogP contribution in [0.5, 0.6) is 11.5 Å². The highest BCUT2D eigenvalue weighted by Gasteiger charge is 2.47. The van der Waals surface area contributed by atoms with Gasteiger partial charge in [0.1, 0.15) is 5.82 Å². The van der Waals surface area contributed by atoms with Gasteiger partial charge in [-0.15, -0.1) is 0 Å². The molecule has 0 spiro atoms. The van der Waals surface area contributed by atoms with Crippen LogP contribution in [0.3, 0.4) is 0 Å². The highest BCUT2D eigenvalue weighted by atomic mass is 19.4. The van der Waals surface area contributed by atoms with Crippen LogP contribution in [-0.4, -0.2) is 35.2 Å². The zero-order chi connectivity index (χ0) is 20.6. The molecule has 0 saturated carbocycles. The van der Waals surface area contributed by atoms with Crippen LogP contribution >= 0.6 is 0 Å². The van der Waals surface area contributed by atoms with Crippen molar-refractivity contribution in [1.82, 2.24) is 15.1 Å². The van der Waals surface area contributed by atoms with Crippen LogP contribution in [0.2, 0.25) is 0 Å². The Bertz CT molecular complexity index is 913. The molecule has 1 aromatic carbocycles. The minimum Gasteiger partial charge on any atom is -0.454 e. The van der Waals surface area contributed by atoms with Crippen molar-refractivity contribution < 1.29 is 27.4 Å². The maximum Gasteiger partial charge on any atom is 0.410 e. The van der Waals surface area contributed by atoms with Gasteiger partial charge in [-0.05, 0) is 24.1 Å². The van der Waals surface area contributed by atoms with E-state index in [1.165, 1.54) is 6.07 Å². The van der Waals surface area contributed by atoms with Crippen molar-refractivity contribution in [2.45, 2.75) is 44.4 Å². The summed E-state index contributed by atoms with van der Waals surface area (Å²) in [5.41, 5.74) is 0.606. The lowest BCUT2D eigenvalue weighted by atomic mass is 9.96. The molecule has 3 heterocycles. The van der Waals surface area contributed by atoms with Crippen LogP contribution in [0.25, 0.3) is 0 Å². The number of rotatable bonds is 5. The number of unbranched alkanes of at least 4 members (excludes halogenated alkanes) is 1. The lowest BCUT2D eigenvalue weighted by Crippen LogP contribution is -2.35.